The lowest BCUT2D eigenvalue weighted by atomic mass is 9.79. The topological polar surface area (TPSA) is 0 Å². The molecule has 0 radical (unpaired) electrons. The van der Waals surface area contributed by atoms with Crippen LogP contribution in [0.1, 0.15) is 22.3 Å². The van der Waals surface area contributed by atoms with Crippen LogP contribution in [-0.2, 0) is 12.8 Å². The summed E-state index contributed by atoms with van der Waals surface area (Å²) in [5.41, 5.74) is 8.63. The Morgan fingerprint density at radius 1 is 0.462 bits per heavy atom. The maximum Gasteiger partial charge on any atom is -0.00165 e. The highest BCUT2D eigenvalue weighted by Gasteiger charge is 2.20. The summed E-state index contributed by atoms with van der Waals surface area (Å²) in [6, 6.07) is 26.8. The minimum absolute atomic E-state index is 1.04. The number of fused-ring (bicyclic) bond motifs is 5. The van der Waals surface area contributed by atoms with Gasteiger partial charge in [-0.2, -0.15) is 0 Å². The average molecular weight is 330 g/mol. The zero-order chi connectivity index (χ0) is 17.1. The standard InChI is InChI=1S/C26H18/c1-2-6-18-10-22-14-26-16-24-12-20-8-4-3-7-19(20)11-23(24)15-25(26)13-21(22)9-17(18)5-1/h1-11,13-14,16H,12,15H2. The molecule has 0 atom stereocenters. The monoisotopic (exact) mass is 330 g/mol. The van der Waals surface area contributed by atoms with Crippen molar-refractivity contribution in [2.45, 2.75) is 12.8 Å². The van der Waals surface area contributed by atoms with Crippen LogP contribution in [0.25, 0.3) is 33.7 Å². The molecule has 4 aromatic rings. The Balaban J connectivity index is 1.55. The highest BCUT2D eigenvalue weighted by atomic mass is 14.2. The van der Waals surface area contributed by atoms with E-state index in [2.05, 4.69) is 84.9 Å². The lowest BCUT2D eigenvalue weighted by molar-refractivity contribution is 1.05. The van der Waals surface area contributed by atoms with Crippen LogP contribution in [-0.4, -0.2) is 0 Å². The van der Waals surface area contributed by atoms with Crippen molar-refractivity contribution in [1.82, 2.24) is 0 Å². The molecule has 0 heterocycles. The fourth-order valence-electron chi connectivity index (χ4n) is 4.48. The van der Waals surface area contributed by atoms with Crippen LogP contribution >= 0.6 is 0 Å². The van der Waals surface area contributed by atoms with Crippen LogP contribution in [0.4, 0.5) is 0 Å². The van der Waals surface area contributed by atoms with Gasteiger partial charge in [0.25, 0.3) is 0 Å². The normalized spacial score (nSPS) is 15.1. The van der Waals surface area contributed by atoms with E-state index in [-0.39, 0.29) is 0 Å². The third kappa shape index (κ3) is 2.09. The fourth-order valence-corrected chi connectivity index (χ4v) is 4.48. The second kappa shape index (κ2) is 5.19. The van der Waals surface area contributed by atoms with E-state index in [0.29, 0.717) is 0 Å². The number of hydrogen-bond donors (Lipinski definition) is 0. The first-order valence-corrected chi connectivity index (χ1v) is 9.28. The molecule has 0 aliphatic heterocycles. The van der Waals surface area contributed by atoms with E-state index in [9.17, 15) is 0 Å². The SMILES string of the molecule is C1=C2Cc3ccccc3C=C2Cc2cc3cc4ccccc4cc3cc21. The van der Waals surface area contributed by atoms with Gasteiger partial charge in [0.1, 0.15) is 0 Å². The van der Waals surface area contributed by atoms with Gasteiger partial charge in [0.05, 0.1) is 0 Å². The van der Waals surface area contributed by atoms with Crippen molar-refractivity contribution in [3.05, 3.63) is 106 Å². The fraction of sp³-hybridized carbons (Fsp3) is 0.0769. The third-order valence-corrected chi connectivity index (χ3v) is 5.85. The molecular formula is C26H18. The second-order valence-electron chi connectivity index (χ2n) is 7.49. The average Bonchev–Trinajstić information content (AvgIpc) is 2.67. The van der Waals surface area contributed by atoms with Crippen LogP contribution in [0.2, 0.25) is 0 Å². The first-order chi connectivity index (χ1) is 12.8. The van der Waals surface area contributed by atoms with E-state index >= 15 is 0 Å². The summed E-state index contributed by atoms with van der Waals surface area (Å²) >= 11 is 0. The van der Waals surface area contributed by atoms with Crippen LogP contribution in [0.5, 0.6) is 0 Å². The van der Waals surface area contributed by atoms with Crippen molar-refractivity contribution in [3.8, 4) is 0 Å². The molecule has 26 heavy (non-hydrogen) atoms. The number of benzene rings is 4. The summed E-state index contributed by atoms with van der Waals surface area (Å²) in [7, 11) is 0. The summed E-state index contributed by atoms with van der Waals surface area (Å²) < 4.78 is 0. The van der Waals surface area contributed by atoms with Crippen molar-refractivity contribution in [2.24, 2.45) is 0 Å². The summed E-state index contributed by atoms with van der Waals surface area (Å²) in [5.74, 6) is 0. The smallest absolute Gasteiger partial charge is 0.00165 e. The van der Waals surface area contributed by atoms with Crippen molar-refractivity contribution in [1.29, 1.82) is 0 Å². The zero-order valence-electron chi connectivity index (χ0n) is 14.5. The minimum Gasteiger partial charge on any atom is -0.0619 e. The molecule has 0 heteroatoms. The lowest BCUT2D eigenvalue weighted by Gasteiger charge is -2.25. The summed E-state index contributed by atoms with van der Waals surface area (Å²) in [6.07, 6.45) is 6.89. The molecule has 0 spiro atoms. The van der Waals surface area contributed by atoms with Crippen molar-refractivity contribution < 1.29 is 0 Å². The Labute approximate surface area is 153 Å². The van der Waals surface area contributed by atoms with Gasteiger partial charge in [0.15, 0.2) is 0 Å². The number of allylic oxidation sites excluding steroid dienone is 2. The van der Waals surface area contributed by atoms with Crippen LogP contribution in [0, 0.1) is 0 Å². The zero-order valence-corrected chi connectivity index (χ0v) is 14.5. The molecule has 0 unspecified atom stereocenters. The Morgan fingerprint density at radius 2 is 1.08 bits per heavy atom. The predicted molar refractivity (Wildman–Crippen MR) is 111 cm³/mol. The molecule has 0 saturated carbocycles. The molecule has 0 nitrogen and oxygen atoms in total. The molecule has 4 aromatic carbocycles. The molecule has 6 rings (SSSR count). The first-order valence-electron chi connectivity index (χ1n) is 9.28. The molecule has 0 fully saturated rings. The maximum absolute atomic E-state index is 2.41. The largest absolute Gasteiger partial charge is 0.0619 e. The van der Waals surface area contributed by atoms with Gasteiger partial charge in [0, 0.05) is 0 Å². The predicted octanol–water partition coefficient (Wildman–Crippen LogP) is 6.57. The Morgan fingerprint density at radius 3 is 1.88 bits per heavy atom. The lowest BCUT2D eigenvalue weighted by Crippen LogP contribution is -2.10. The molecule has 0 saturated heterocycles. The molecular weight excluding hydrogens is 312 g/mol. The van der Waals surface area contributed by atoms with E-state index in [0.717, 1.165) is 12.8 Å². The quantitative estimate of drug-likeness (QED) is 0.320. The van der Waals surface area contributed by atoms with Crippen LogP contribution < -0.4 is 0 Å². The van der Waals surface area contributed by atoms with E-state index in [1.807, 2.05) is 0 Å². The minimum atomic E-state index is 1.04. The van der Waals surface area contributed by atoms with E-state index in [1.165, 1.54) is 54.9 Å². The first kappa shape index (κ1) is 14.1. The van der Waals surface area contributed by atoms with Crippen molar-refractivity contribution in [3.63, 3.8) is 0 Å². The van der Waals surface area contributed by atoms with Gasteiger partial charge < -0.3 is 0 Å². The number of rotatable bonds is 0. The highest BCUT2D eigenvalue weighted by molar-refractivity contribution is 5.99. The van der Waals surface area contributed by atoms with E-state index in [4.69, 9.17) is 0 Å². The molecule has 0 bridgehead atoms. The summed E-state index contributed by atoms with van der Waals surface area (Å²) in [6.45, 7) is 0. The maximum atomic E-state index is 2.41. The number of hydrogen-bond acceptors (Lipinski definition) is 0. The molecule has 2 aliphatic rings. The van der Waals surface area contributed by atoms with Crippen molar-refractivity contribution >= 4 is 33.7 Å². The molecule has 2 aliphatic carbocycles. The van der Waals surface area contributed by atoms with Crippen molar-refractivity contribution in [2.75, 3.05) is 0 Å². The van der Waals surface area contributed by atoms with Gasteiger partial charge in [-0.05, 0) is 86.0 Å². The highest BCUT2D eigenvalue weighted by Crippen LogP contribution is 2.38. The second-order valence-corrected chi connectivity index (χ2v) is 7.49. The van der Waals surface area contributed by atoms with Gasteiger partial charge >= 0.3 is 0 Å². The van der Waals surface area contributed by atoms with E-state index in [1.54, 1.807) is 0 Å². The Hall–Kier alpha value is -3.12. The molecule has 0 N–H and O–H groups in total. The molecule has 0 aromatic heterocycles. The van der Waals surface area contributed by atoms with Gasteiger partial charge in [-0.3, -0.25) is 0 Å². The van der Waals surface area contributed by atoms with Gasteiger partial charge in [-0.1, -0.05) is 66.7 Å². The van der Waals surface area contributed by atoms with Gasteiger partial charge in [-0.25, -0.2) is 0 Å². The van der Waals surface area contributed by atoms with Crippen LogP contribution in [0.3, 0.4) is 0 Å². The van der Waals surface area contributed by atoms with Gasteiger partial charge in [-0.15, -0.1) is 0 Å². The molecule has 122 valence electrons. The Kier molecular flexibility index (Phi) is 2.81. The summed E-state index contributed by atoms with van der Waals surface area (Å²) in [5, 5.41) is 5.31. The van der Waals surface area contributed by atoms with E-state index < -0.39 is 0 Å². The molecule has 0 amide bonds. The summed E-state index contributed by atoms with van der Waals surface area (Å²) in [4.78, 5) is 0. The third-order valence-electron chi connectivity index (χ3n) is 5.85. The Bertz CT molecular complexity index is 1270. The van der Waals surface area contributed by atoms with Crippen LogP contribution in [0.15, 0.2) is 83.9 Å². The van der Waals surface area contributed by atoms with Gasteiger partial charge in [0.2, 0.25) is 0 Å².